The molecule has 0 aromatic carbocycles. The van der Waals surface area contributed by atoms with Crippen LogP contribution in [0, 0.1) is 0 Å². The molecule has 19 heavy (non-hydrogen) atoms. The van der Waals surface area contributed by atoms with Crippen LogP contribution in [0.25, 0.3) is 0 Å². The molecular weight excluding hydrogens is 248 g/mol. The first-order valence-electron chi connectivity index (χ1n) is 6.12. The molecule has 1 aliphatic rings. The lowest BCUT2D eigenvalue weighted by Crippen LogP contribution is -2.65. The number of likely N-dealkylation sites (tertiary alicyclic amines) is 1. The Morgan fingerprint density at radius 2 is 2.21 bits per heavy atom. The summed E-state index contributed by atoms with van der Waals surface area (Å²) in [6, 6.07) is 0.988. The molecule has 1 N–H and O–H groups in total. The van der Waals surface area contributed by atoms with Crippen LogP contribution in [0.2, 0.25) is 0 Å². The summed E-state index contributed by atoms with van der Waals surface area (Å²) in [4.78, 5) is 25.5. The molecular formula is C13H18N2O4. The maximum absolute atomic E-state index is 12.1. The summed E-state index contributed by atoms with van der Waals surface area (Å²) >= 11 is 0. The van der Waals surface area contributed by atoms with Gasteiger partial charge in [-0.2, -0.15) is 0 Å². The maximum atomic E-state index is 12.1. The highest BCUT2D eigenvalue weighted by Crippen LogP contribution is 2.24. The summed E-state index contributed by atoms with van der Waals surface area (Å²) in [5.41, 5.74) is 0.147. The van der Waals surface area contributed by atoms with Gasteiger partial charge in [-0.25, -0.2) is 0 Å². The zero-order valence-electron chi connectivity index (χ0n) is 11.3. The fourth-order valence-electron chi connectivity index (χ4n) is 2.06. The van der Waals surface area contributed by atoms with E-state index in [4.69, 9.17) is 9.15 Å². The molecule has 2 rings (SSSR count). The lowest BCUT2D eigenvalue weighted by molar-refractivity contribution is -0.159. The second-order valence-electron chi connectivity index (χ2n) is 5.06. The molecule has 0 aliphatic carbocycles. The SMILES string of the molecule is COC1(C)CN(C(=O)[C@@H](C)NC(=O)c2ccoc2)C1. The maximum Gasteiger partial charge on any atom is 0.255 e. The lowest BCUT2D eigenvalue weighted by Gasteiger charge is -2.47. The Morgan fingerprint density at radius 1 is 1.53 bits per heavy atom. The summed E-state index contributed by atoms with van der Waals surface area (Å²) in [5.74, 6) is -0.420. The van der Waals surface area contributed by atoms with Gasteiger partial charge in [-0.1, -0.05) is 0 Å². The van der Waals surface area contributed by atoms with E-state index in [1.807, 2.05) is 6.92 Å². The van der Waals surface area contributed by atoms with Crippen LogP contribution >= 0.6 is 0 Å². The topological polar surface area (TPSA) is 71.8 Å². The van der Waals surface area contributed by atoms with Gasteiger partial charge in [0.25, 0.3) is 5.91 Å². The molecule has 0 unspecified atom stereocenters. The number of carbonyl (C=O) groups is 2. The van der Waals surface area contributed by atoms with E-state index in [0.29, 0.717) is 18.7 Å². The van der Waals surface area contributed by atoms with Crippen LogP contribution in [0.15, 0.2) is 23.0 Å². The molecule has 1 fully saturated rings. The van der Waals surface area contributed by atoms with Crippen molar-refractivity contribution in [3.05, 3.63) is 24.2 Å². The van der Waals surface area contributed by atoms with Crippen molar-refractivity contribution in [3.63, 3.8) is 0 Å². The highest BCUT2D eigenvalue weighted by atomic mass is 16.5. The van der Waals surface area contributed by atoms with Crippen LogP contribution in [0.3, 0.4) is 0 Å². The van der Waals surface area contributed by atoms with Crippen LogP contribution in [0.1, 0.15) is 24.2 Å². The number of methoxy groups -OCH3 is 1. The molecule has 1 atom stereocenters. The summed E-state index contributed by atoms with van der Waals surface area (Å²) in [6.07, 6.45) is 2.76. The molecule has 2 heterocycles. The third-order valence-corrected chi connectivity index (χ3v) is 3.36. The van der Waals surface area contributed by atoms with Crippen molar-refractivity contribution in [1.29, 1.82) is 0 Å². The minimum atomic E-state index is -0.566. The molecule has 104 valence electrons. The fraction of sp³-hybridized carbons (Fsp3) is 0.538. The Kier molecular flexibility index (Phi) is 3.61. The number of carbonyl (C=O) groups excluding carboxylic acids is 2. The Morgan fingerprint density at radius 3 is 2.74 bits per heavy atom. The van der Waals surface area contributed by atoms with E-state index in [2.05, 4.69) is 5.32 Å². The van der Waals surface area contributed by atoms with E-state index in [1.54, 1.807) is 25.0 Å². The van der Waals surface area contributed by atoms with E-state index >= 15 is 0 Å². The molecule has 1 aromatic rings. The summed E-state index contributed by atoms with van der Waals surface area (Å²) in [7, 11) is 1.63. The van der Waals surface area contributed by atoms with E-state index < -0.39 is 6.04 Å². The molecule has 2 amide bonds. The third kappa shape index (κ3) is 2.78. The van der Waals surface area contributed by atoms with E-state index in [1.165, 1.54) is 12.5 Å². The quantitative estimate of drug-likeness (QED) is 0.868. The van der Waals surface area contributed by atoms with Gasteiger partial charge in [-0.05, 0) is 19.9 Å². The van der Waals surface area contributed by atoms with Gasteiger partial charge in [0.05, 0.1) is 30.5 Å². The van der Waals surface area contributed by atoms with Crippen LogP contribution in [0.4, 0.5) is 0 Å². The van der Waals surface area contributed by atoms with Gasteiger partial charge < -0.3 is 19.4 Å². The molecule has 6 nitrogen and oxygen atoms in total. The van der Waals surface area contributed by atoms with Crippen LogP contribution < -0.4 is 5.32 Å². The third-order valence-electron chi connectivity index (χ3n) is 3.36. The molecule has 0 saturated carbocycles. The van der Waals surface area contributed by atoms with Crippen molar-refractivity contribution in [2.45, 2.75) is 25.5 Å². The number of amides is 2. The standard InChI is InChI=1S/C13H18N2O4/c1-9(14-11(16)10-4-5-19-6-10)12(17)15-7-13(2,8-15)18-3/h4-6,9H,7-8H2,1-3H3,(H,14,16)/t9-/m1/s1. The van der Waals surface area contributed by atoms with Crippen molar-refractivity contribution < 1.29 is 18.7 Å². The number of nitrogens with one attached hydrogen (secondary N) is 1. The van der Waals surface area contributed by atoms with Crippen LogP contribution in [0.5, 0.6) is 0 Å². The summed E-state index contributed by atoms with van der Waals surface area (Å²) in [6.45, 7) is 4.72. The second-order valence-corrected chi connectivity index (χ2v) is 5.06. The number of rotatable bonds is 4. The normalized spacial score (nSPS) is 18.6. The first kappa shape index (κ1) is 13.6. The van der Waals surface area contributed by atoms with E-state index in [-0.39, 0.29) is 17.4 Å². The van der Waals surface area contributed by atoms with Crippen LogP contribution in [-0.4, -0.2) is 48.6 Å². The molecule has 1 aromatic heterocycles. The Balaban J connectivity index is 1.86. The predicted molar refractivity (Wildman–Crippen MR) is 67.6 cm³/mol. The van der Waals surface area contributed by atoms with Crippen molar-refractivity contribution in [2.24, 2.45) is 0 Å². The lowest BCUT2D eigenvalue weighted by atomic mass is 9.95. The number of nitrogens with zero attached hydrogens (tertiary/aromatic N) is 1. The Hall–Kier alpha value is -1.82. The second kappa shape index (κ2) is 5.05. The van der Waals surface area contributed by atoms with Gasteiger partial charge >= 0.3 is 0 Å². The van der Waals surface area contributed by atoms with Gasteiger partial charge in [0.1, 0.15) is 12.3 Å². The van der Waals surface area contributed by atoms with Crippen molar-refractivity contribution in [1.82, 2.24) is 10.2 Å². The zero-order chi connectivity index (χ0) is 14.0. The average molecular weight is 266 g/mol. The minimum Gasteiger partial charge on any atom is -0.472 e. The van der Waals surface area contributed by atoms with Crippen LogP contribution in [-0.2, 0) is 9.53 Å². The number of hydrogen-bond donors (Lipinski definition) is 1. The van der Waals surface area contributed by atoms with Crippen molar-refractivity contribution in [2.75, 3.05) is 20.2 Å². The first-order chi connectivity index (χ1) is 8.95. The average Bonchev–Trinajstić information content (AvgIpc) is 2.87. The largest absolute Gasteiger partial charge is 0.472 e. The number of ether oxygens (including phenoxy) is 1. The summed E-state index contributed by atoms with van der Waals surface area (Å²) in [5, 5.41) is 2.65. The molecule has 1 saturated heterocycles. The monoisotopic (exact) mass is 266 g/mol. The summed E-state index contributed by atoms with van der Waals surface area (Å²) < 4.78 is 10.1. The van der Waals surface area contributed by atoms with Crippen molar-refractivity contribution >= 4 is 11.8 Å². The fourth-order valence-corrected chi connectivity index (χ4v) is 2.06. The minimum absolute atomic E-state index is 0.105. The number of hydrogen-bond acceptors (Lipinski definition) is 4. The van der Waals surface area contributed by atoms with Gasteiger partial charge in [0, 0.05) is 7.11 Å². The Bertz CT molecular complexity index is 463. The van der Waals surface area contributed by atoms with Gasteiger partial charge in [0.15, 0.2) is 0 Å². The molecule has 6 heteroatoms. The molecule has 0 radical (unpaired) electrons. The molecule has 0 bridgehead atoms. The highest BCUT2D eigenvalue weighted by Gasteiger charge is 2.42. The molecule has 1 aliphatic heterocycles. The van der Waals surface area contributed by atoms with Gasteiger partial charge in [-0.3, -0.25) is 9.59 Å². The zero-order valence-corrected chi connectivity index (χ0v) is 11.3. The first-order valence-corrected chi connectivity index (χ1v) is 6.12. The van der Waals surface area contributed by atoms with Crippen molar-refractivity contribution in [3.8, 4) is 0 Å². The Labute approximate surface area is 111 Å². The smallest absolute Gasteiger partial charge is 0.255 e. The predicted octanol–water partition coefficient (Wildman–Crippen LogP) is 0.645. The van der Waals surface area contributed by atoms with Gasteiger partial charge in [0.2, 0.25) is 5.91 Å². The van der Waals surface area contributed by atoms with E-state index in [0.717, 1.165) is 0 Å². The molecule has 0 spiro atoms. The number of furan rings is 1. The van der Waals surface area contributed by atoms with E-state index in [9.17, 15) is 9.59 Å². The van der Waals surface area contributed by atoms with Gasteiger partial charge in [-0.15, -0.1) is 0 Å². The highest BCUT2D eigenvalue weighted by molar-refractivity contribution is 5.97.